The van der Waals surface area contributed by atoms with Crippen LogP contribution in [0.4, 0.5) is 21.9 Å². The van der Waals surface area contributed by atoms with Crippen LogP contribution in [0.5, 0.6) is 0 Å². The first-order chi connectivity index (χ1) is 24.9. The predicted octanol–water partition coefficient (Wildman–Crippen LogP) is 5.69. The van der Waals surface area contributed by atoms with Crippen LogP contribution in [0.1, 0.15) is 34.9 Å². The molecule has 1 aromatic heterocycles. The van der Waals surface area contributed by atoms with Crippen LogP contribution in [0, 0.1) is 0 Å². The quantitative estimate of drug-likeness (QED) is 0.233. The molecule has 2 atom stereocenters. The fourth-order valence-corrected chi connectivity index (χ4v) is 7.31. The van der Waals surface area contributed by atoms with Crippen molar-refractivity contribution in [3.63, 3.8) is 0 Å². The number of anilines is 2. The number of nitrogens with zero attached hydrogens (tertiary/aromatic N) is 5. The zero-order valence-corrected chi connectivity index (χ0v) is 28.5. The van der Waals surface area contributed by atoms with Gasteiger partial charge >= 0.3 is 6.09 Å². The number of thioether (sulfide) groups is 1. The summed E-state index contributed by atoms with van der Waals surface area (Å²) in [5.41, 5.74) is 4.55. The minimum atomic E-state index is -0.991. The number of morpholine rings is 1. The lowest BCUT2D eigenvalue weighted by molar-refractivity contribution is -0.131. The maximum atomic E-state index is 13.9. The molecule has 0 bridgehead atoms. The summed E-state index contributed by atoms with van der Waals surface area (Å²) in [4.78, 5) is 66.7. The van der Waals surface area contributed by atoms with Crippen LogP contribution in [0.15, 0.2) is 108 Å². The van der Waals surface area contributed by atoms with E-state index in [1.165, 1.54) is 11.8 Å². The number of amidine groups is 1. The highest BCUT2D eigenvalue weighted by atomic mass is 32.2. The summed E-state index contributed by atoms with van der Waals surface area (Å²) in [5, 5.41) is 2.82. The molecule has 51 heavy (non-hydrogen) atoms. The number of imide groups is 1. The van der Waals surface area contributed by atoms with Gasteiger partial charge in [-0.3, -0.25) is 24.3 Å². The third kappa shape index (κ3) is 7.95. The van der Waals surface area contributed by atoms with Gasteiger partial charge in [0.2, 0.25) is 17.7 Å². The van der Waals surface area contributed by atoms with E-state index in [0.717, 1.165) is 46.2 Å². The number of pyridine rings is 1. The minimum Gasteiger partial charge on any atom is -0.444 e. The first-order valence-corrected chi connectivity index (χ1v) is 17.6. The van der Waals surface area contributed by atoms with Gasteiger partial charge in [0.05, 0.1) is 31.1 Å². The predicted molar refractivity (Wildman–Crippen MR) is 193 cm³/mol. The molecule has 3 saturated heterocycles. The SMILES string of the molecule is O=C(Nc1ccc(C2S/C(=N\c3ccc(N4CCOCC4)cc3)N(Cc3ccccn3)C2=O)cc1)[C@@H]1CCC(=O)N1C(=O)OCc1ccccc1. The van der Waals surface area contributed by atoms with E-state index < -0.39 is 29.2 Å². The number of aliphatic imine (C=N–C) groups is 1. The van der Waals surface area contributed by atoms with Crippen molar-refractivity contribution in [3.8, 4) is 0 Å². The average Bonchev–Trinajstić information content (AvgIpc) is 3.71. The molecule has 1 N–H and O–H groups in total. The number of aromatic nitrogens is 1. The summed E-state index contributed by atoms with van der Waals surface area (Å²) < 4.78 is 10.8. The summed E-state index contributed by atoms with van der Waals surface area (Å²) in [6, 6.07) is 28.7. The fraction of sp³-hybridized carbons (Fsp3) is 0.263. The standard InChI is InChI=1S/C38H36N6O6S/c45-33-18-17-32(44(33)38(48)50-25-26-6-2-1-3-7-26)35(46)40-28-11-9-27(10-12-28)34-36(47)43(24-30-8-4-5-19-39-30)37(51-34)41-29-13-15-31(16-14-29)42-20-22-49-23-21-42/h1-16,19,32,34H,17-18,20-25H2,(H,40,46)/b41-37-/t32-,34?/m0/s1. The van der Waals surface area contributed by atoms with Gasteiger partial charge in [0.15, 0.2) is 5.17 Å². The van der Waals surface area contributed by atoms with Gasteiger partial charge in [-0.15, -0.1) is 0 Å². The van der Waals surface area contributed by atoms with Crippen LogP contribution in [-0.4, -0.2) is 76.1 Å². The van der Waals surface area contributed by atoms with Crippen molar-refractivity contribution < 1.29 is 28.7 Å². The van der Waals surface area contributed by atoms with Crippen molar-refractivity contribution in [1.82, 2.24) is 14.8 Å². The maximum absolute atomic E-state index is 13.9. The molecule has 3 aromatic carbocycles. The van der Waals surface area contributed by atoms with E-state index >= 15 is 0 Å². The van der Waals surface area contributed by atoms with Crippen LogP contribution in [-0.2, 0) is 37.0 Å². The first kappa shape index (κ1) is 33.9. The van der Waals surface area contributed by atoms with Gasteiger partial charge in [-0.1, -0.05) is 60.3 Å². The highest BCUT2D eigenvalue weighted by Crippen LogP contribution is 2.41. The van der Waals surface area contributed by atoms with E-state index in [9.17, 15) is 19.2 Å². The second kappa shape index (κ2) is 15.6. The molecule has 3 aliphatic rings. The third-order valence-electron chi connectivity index (χ3n) is 8.84. The van der Waals surface area contributed by atoms with Crippen LogP contribution < -0.4 is 10.2 Å². The summed E-state index contributed by atoms with van der Waals surface area (Å²) in [7, 11) is 0. The molecule has 0 spiro atoms. The van der Waals surface area contributed by atoms with Crippen molar-refractivity contribution in [2.24, 2.45) is 4.99 Å². The van der Waals surface area contributed by atoms with Crippen LogP contribution in [0.2, 0.25) is 0 Å². The highest BCUT2D eigenvalue weighted by molar-refractivity contribution is 8.15. The van der Waals surface area contributed by atoms with Gasteiger partial charge in [-0.2, -0.15) is 0 Å². The van der Waals surface area contributed by atoms with Crippen molar-refractivity contribution in [2.45, 2.75) is 37.3 Å². The number of amides is 4. The summed E-state index contributed by atoms with van der Waals surface area (Å²) in [5.74, 6) is -1.08. The molecule has 4 aromatic rings. The van der Waals surface area contributed by atoms with E-state index in [-0.39, 0.29) is 31.9 Å². The van der Waals surface area contributed by atoms with Crippen LogP contribution >= 0.6 is 11.8 Å². The number of nitrogens with one attached hydrogen (secondary N) is 1. The van der Waals surface area contributed by atoms with Crippen LogP contribution in [0.25, 0.3) is 0 Å². The number of carbonyl (C=O) groups is 4. The van der Waals surface area contributed by atoms with E-state index in [4.69, 9.17) is 14.5 Å². The Balaban J connectivity index is 1.04. The summed E-state index contributed by atoms with van der Waals surface area (Å²) in [6.07, 6.45) is 1.10. The molecule has 0 saturated carbocycles. The Morgan fingerprint density at radius 1 is 0.922 bits per heavy atom. The van der Waals surface area contributed by atoms with Crippen LogP contribution in [0.3, 0.4) is 0 Å². The second-order valence-electron chi connectivity index (χ2n) is 12.2. The van der Waals surface area contributed by atoms with Gasteiger partial charge in [0.25, 0.3) is 0 Å². The molecule has 1 unspecified atom stereocenters. The zero-order chi connectivity index (χ0) is 35.2. The fourth-order valence-electron chi connectivity index (χ4n) is 6.14. The lowest BCUT2D eigenvalue weighted by Crippen LogP contribution is -2.45. The molecule has 4 amide bonds. The van der Waals surface area contributed by atoms with E-state index in [2.05, 4.69) is 15.2 Å². The van der Waals surface area contributed by atoms with Gasteiger partial charge in [0, 0.05) is 37.1 Å². The Morgan fingerprint density at radius 3 is 2.39 bits per heavy atom. The van der Waals surface area contributed by atoms with Crippen molar-refractivity contribution in [1.29, 1.82) is 0 Å². The Hall–Kier alpha value is -5.53. The number of carbonyl (C=O) groups excluding carboxylic acids is 4. The Morgan fingerprint density at radius 2 is 1.67 bits per heavy atom. The van der Waals surface area contributed by atoms with Gasteiger partial charge in [-0.25, -0.2) is 14.7 Å². The molecule has 0 radical (unpaired) electrons. The summed E-state index contributed by atoms with van der Waals surface area (Å²) in [6.45, 7) is 3.33. The van der Waals surface area contributed by atoms with Gasteiger partial charge < -0.3 is 19.7 Å². The first-order valence-electron chi connectivity index (χ1n) is 16.8. The molecule has 3 fully saturated rings. The number of ether oxygens (including phenoxy) is 2. The number of benzene rings is 3. The van der Waals surface area contributed by atoms with E-state index in [0.29, 0.717) is 24.1 Å². The monoisotopic (exact) mass is 704 g/mol. The van der Waals surface area contributed by atoms with Gasteiger partial charge in [-0.05, 0) is 66.1 Å². The lowest BCUT2D eigenvalue weighted by Gasteiger charge is -2.28. The Labute approximate surface area is 299 Å². The molecule has 0 aliphatic carbocycles. The van der Waals surface area contributed by atoms with E-state index in [1.54, 1.807) is 35.4 Å². The molecule has 4 heterocycles. The molecule has 260 valence electrons. The van der Waals surface area contributed by atoms with E-state index in [1.807, 2.05) is 72.8 Å². The molecular formula is C38H36N6O6S. The Bertz CT molecular complexity index is 1900. The molecule has 12 nitrogen and oxygen atoms in total. The topological polar surface area (TPSA) is 134 Å². The van der Waals surface area contributed by atoms with Gasteiger partial charge in [0.1, 0.15) is 17.9 Å². The number of rotatable bonds is 9. The molecule has 7 rings (SSSR count). The zero-order valence-electron chi connectivity index (χ0n) is 27.7. The smallest absolute Gasteiger partial charge is 0.417 e. The molecule has 13 heteroatoms. The Kier molecular flexibility index (Phi) is 10.4. The lowest BCUT2D eigenvalue weighted by atomic mass is 10.1. The number of hydrogen-bond acceptors (Lipinski definition) is 10. The van der Waals surface area contributed by atoms with Crippen molar-refractivity contribution in [2.75, 3.05) is 36.5 Å². The molecular weight excluding hydrogens is 669 g/mol. The number of likely N-dealkylation sites (tertiary alicyclic amines) is 1. The number of hydrogen-bond donors (Lipinski definition) is 1. The van der Waals surface area contributed by atoms with Crippen molar-refractivity contribution >= 4 is 57.8 Å². The maximum Gasteiger partial charge on any atom is 0.417 e. The largest absolute Gasteiger partial charge is 0.444 e. The minimum absolute atomic E-state index is 0.00985. The molecule has 3 aliphatic heterocycles. The normalized spacial score (nSPS) is 19.8. The average molecular weight is 705 g/mol. The second-order valence-corrected chi connectivity index (χ2v) is 13.3. The third-order valence-corrected chi connectivity index (χ3v) is 10.1. The summed E-state index contributed by atoms with van der Waals surface area (Å²) >= 11 is 1.36. The highest BCUT2D eigenvalue weighted by Gasteiger charge is 2.42. The van der Waals surface area contributed by atoms with Crippen molar-refractivity contribution in [3.05, 3.63) is 120 Å².